The van der Waals surface area contributed by atoms with Crippen molar-refractivity contribution in [3.05, 3.63) is 12.2 Å². The zero-order valence-electron chi connectivity index (χ0n) is 45.4. The molecule has 0 heterocycles. The summed E-state index contributed by atoms with van der Waals surface area (Å²) >= 11 is 0. The lowest BCUT2D eigenvalue weighted by molar-refractivity contribution is -0.143. The third kappa shape index (κ3) is 53.8. The number of unbranched alkanes of at least 4 members (excludes halogenated alkanes) is 46. The van der Waals surface area contributed by atoms with E-state index in [0.717, 1.165) is 57.8 Å². The molecule has 6 heteroatoms. The maximum Gasteiger partial charge on any atom is 0.305 e. The molecule has 0 bridgehead atoms. The van der Waals surface area contributed by atoms with E-state index in [1.54, 1.807) is 6.08 Å². The van der Waals surface area contributed by atoms with Gasteiger partial charge in [-0.15, -0.1) is 0 Å². The van der Waals surface area contributed by atoms with E-state index in [1.807, 2.05) is 6.08 Å². The van der Waals surface area contributed by atoms with Crippen molar-refractivity contribution in [2.75, 3.05) is 13.2 Å². The molecule has 2 atom stereocenters. The Kier molecular flexibility index (Phi) is 56.0. The Labute approximate surface area is 419 Å². The van der Waals surface area contributed by atoms with Gasteiger partial charge in [-0.1, -0.05) is 309 Å². The van der Waals surface area contributed by atoms with Crippen LogP contribution in [-0.2, 0) is 14.3 Å². The van der Waals surface area contributed by atoms with Crippen LogP contribution < -0.4 is 5.32 Å². The summed E-state index contributed by atoms with van der Waals surface area (Å²) in [6.45, 7) is 4.90. The van der Waals surface area contributed by atoms with Gasteiger partial charge in [-0.3, -0.25) is 9.59 Å². The molecule has 0 aliphatic rings. The van der Waals surface area contributed by atoms with Crippen LogP contribution in [0.5, 0.6) is 0 Å². The first-order valence-corrected chi connectivity index (χ1v) is 30.5. The fraction of sp³-hybridized carbons (Fsp3) is 0.934. The molecule has 0 spiro atoms. The highest BCUT2D eigenvalue weighted by atomic mass is 16.5. The van der Waals surface area contributed by atoms with Crippen LogP contribution in [0.15, 0.2) is 12.2 Å². The summed E-state index contributed by atoms with van der Waals surface area (Å²) in [5.74, 6) is -0.0932. The normalized spacial score (nSPS) is 12.6. The first-order valence-electron chi connectivity index (χ1n) is 30.5. The van der Waals surface area contributed by atoms with E-state index >= 15 is 0 Å². The van der Waals surface area contributed by atoms with Gasteiger partial charge in [0.1, 0.15) is 0 Å². The monoisotopic (exact) mass is 946 g/mol. The minimum atomic E-state index is -0.857. The largest absolute Gasteiger partial charge is 0.466 e. The Morgan fingerprint density at radius 2 is 0.687 bits per heavy atom. The molecule has 0 rings (SSSR count). The fourth-order valence-corrected chi connectivity index (χ4v) is 9.64. The molecule has 0 saturated carbocycles. The summed E-state index contributed by atoms with van der Waals surface area (Å²) in [5, 5.41) is 23.2. The molecule has 0 aromatic rings. The molecule has 0 saturated heterocycles. The summed E-state index contributed by atoms with van der Waals surface area (Å²) < 4.78 is 5.48. The number of ether oxygens (including phenoxy) is 1. The second-order valence-corrected chi connectivity index (χ2v) is 21.0. The van der Waals surface area contributed by atoms with Crippen LogP contribution in [0.3, 0.4) is 0 Å². The van der Waals surface area contributed by atoms with Crippen molar-refractivity contribution >= 4 is 11.9 Å². The maximum atomic E-state index is 12.5. The topological polar surface area (TPSA) is 95.9 Å². The van der Waals surface area contributed by atoms with E-state index in [0.29, 0.717) is 19.4 Å². The molecule has 3 N–H and O–H groups in total. The molecule has 0 aromatic heterocycles. The molecule has 1 amide bonds. The second-order valence-electron chi connectivity index (χ2n) is 21.0. The summed E-state index contributed by atoms with van der Waals surface area (Å²) in [6.07, 6.45) is 68.1. The van der Waals surface area contributed by atoms with Crippen LogP contribution >= 0.6 is 0 Å². The third-order valence-electron chi connectivity index (χ3n) is 14.3. The predicted molar refractivity (Wildman–Crippen MR) is 292 cm³/mol. The van der Waals surface area contributed by atoms with Crippen LogP contribution in [0.25, 0.3) is 0 Å². The van der Waals surface area contributed by atoms with Crippen LogP contribution in [0, 0.1) is 0 Å². The minimum Gasteiger partial charge on any atom is -0.466 e. The summed E-state index contributed by atoms with van der Waals surface area (Å²) in [4.78, 5) is 24.6. The molecule has 67 heavy (non-hydrogen) atoms. The van der Waals surface area contributed by atoms with Crippen LogP contribution in [-0.4, -0.2) is 47.4 Å². The number of allylic oxidation sites excluding steroid dienone is 1. The average Bonchev–Trinajstić information content (AvgIpc) is 3.33. The number of carbonyl (C=O) groups excluding carboxylic acids is 2. The van der Waals surface area contributed by atoms with Gasteiger partial charge in [-0.2, -0.15) is 0 Å². The lowest BCUT2D eigenvalue weighted by Gasteiger charge is -2.20. The van der Waals surface area contributed by atoms with Gasteiger partial charge in [0.15, 0.2) is 0 Å². The van der Waals surface area contributed by atoms with E-state index in [9.17, 15) is 19.8 Å². The number of hydrogen-bond donors (Lipinski definition) is 3. The van der Waals surface area contributed by atoms with Crippen molar-refractivity contribution in [1.82, 2.24) is 5.32 Å². The Bertz CT molecular complexity index is 1000. The predicted octanol–water partition coefficient (Wildman–Crippen LogP) is 18.9. The van der Waals surface area contributed by atoms with Gasteiger partial charge < -0.3 is 20.3 Å². The van der Waals surface area contributed by atoms with Crippen molar-refractivity contribution < 1.29 is 24.5 Å². The van der Waals surface area contributed by atoms with Crippen molar-refractivity contribution in [3.63, 3.8) is 0 Å². The van der Waals surface area contributed by atoms with Gasteiger partial charge in [0.05, 0.1) is 25.4 Å². The molecule has 2 unspecified atom stereocenters. The minimum absolute atomic E-state index is 0.0108. The van der Waals surface area contributed by atoms with Crippen LogP contribution in [0.1, 0.15) is 341 Å². The fourth-order valence-electron chi connectivity index (χ4n) is 9.64. The number of aliphatic hydroxyl groups excluding tert-OH is 2. The van der Waals surface area contributed by atoms with Crippen molar-refractivity contribution in [3.8, 4) is 0 Å². The van der Waals surface area contributed by atoms with E-state index < -0.39 is 12.1 Å². The number of rotatable bonds is 57. The smallest absolute Gasteiger partial charge is 0.305 e. The number of hydrogen-bond acceptors (Lipinski definition) is 5. The zero-order chi connectivity index (χ0) is 48.6. The highest BCUT2D eigenvalue weighted by Crippen LogP contribution is 2.18. The SMILES string of the molecule is CCCCCCCCCCCCCCCCCCCCCCC/C=C/C(O)C(CO)NC(=O)CCCCCCCCCCCCCOC(=O)CCCCCCCCCCCCCCCCCC. The average molecular weight is 947 g/mol. The summed E-state index contributed by atoms with van der Waals surface area (Å²) in [6, 6.07) is -0.642. The van der Waals surface area contributed by atoms with Crippen LogP contribution in [0.4, 0.5) is 0 Å². The second kappa shape index (κ2) is 57.2. The Balaban J connectivity index is 3.47. The van der Waals surface area contributed by atoms with Crippen molar-refractivity contribution in [2.45, 2.75) is 353 Å². The van der Waals surface area contributed by atoms with Gasteiger partial charge in [-0.05, 0) is 32.1 Å². The lowest BCUT2D eigenvalue weighted by atomic mass is 10.0. The van der Waals surface area contributed by atoms with Crippen molar-refractivity contribution in [2.24, 2.45) is 0 Å². The molecule has 398 valence electrons. The van der Waals surface area contributed by atoms with Crippen LogP contribution in [0.2, 0.25) is 0 Å². The van der Waals surface area contributed by atoms with Gasteiger partial charge in [0, 0.05) is 12.8 Å². The molecule has 0 aliphatic heterocycles. The number of amides is 1. The number of esters is 1. The van der Waals surface area contributed by atoms with Gasteiger partial charge in [-0.25, -0.2) is 0 Å². The molecular formula is C61H119NO5. The lowest BCUT2D eigenvalue weighted by Crippen LogP contribution is -2.45. The Morgan fingerprint density at radius 1 is 0.403 bits per heavy atom. The van der Waals surface area contributed by atoms with E-state index in [4.69, 9.17) is 4.74 Å². The van der Waals surface area contributed by atoms with E-state index in [1.165, 1.54) is 257 Å². The maximum absolute atomic E-state index is 12.5. The highest BCUT2D eigenvalue weighted by molar-refractivity contribution is 5.76. The van der Waals surface area contributed by atoms with Gasteiger partial charge >= 0.3 is 5.97 Å². The number of carbonyl (C=O) groups is 2. The first-order chi connectivity index (χ1) is 33.0. The summed E-state index contributed by atoms with van der Waals surface area (Å²) in [7, 11) is 0. The molecule has 0 fully saturated rings. The highest BCUT2D eigenvalue weighted by Gasteiger charge is 2.18. The molecule has 0 aromatic carbocycles. The molecular weight excluding hydrogens is 827 g/mol. The zero-order valence-corrected chi connectivity index (χ0v) is 45.4. The van der Waals surface area contributed by atoms with Gasteiger partial charge in [0.25, 0.3) is 0 Å². The van der Waals surface area contributed by atoms with E-state index in [2.05, 4.69) is 19.2 Å². The molecule has 6 nitrogen and oxygen atoms in total. The number of nitrogens with one attached hydrogen (secondary N) is 1. The molecule has 0 aliphatic carbocycles. The first kappa shape index (κ1) is 65.6. The van der Waals surface area contributed by atoms with Gasteiger partial charge in [0.2, 0.25) is 5.91 Å². The Morgan fingerprint density at radius 3 is 1.01 bits per heavy atom. The Hall–Kier alpha value is -1.40. The third-order valence-corrected chi connectivity index (χ3v) is 14.3. The van der Waals surface area contributed by atoms with E-state index in [-0.39, 0.29) is 18.5 Å². The quantitative estimate of drug-likeness (QED) is 0.0321. The van der Waals surface area contributed by atoms with Crippen molar-refractivity contribution in [1.29, 1.82) is 0 Å². The summed E-state index contributed by atoms with van der Waals surface area (Å²) in [5.41, 5.74) is 0. The number of aliphatic hydroxyl groups is 2. The molecule has 0 radical (unpaired) electrons. The standard InChI is InChI=1S/C61H119NO5/c1-3-5-7-9-11-13-15-17-19-21-22-23-24-25-26-27-28-30-33-37-41-45-49-53-59(64)58(57-63)62-60(65)54-50-46-42-38-34-32-36-40-44-48-52-56-67-61(66)55-51-47-43-39-35-31-29-20-18-16-14-12-10-8-6-4-2/h49,53,58-59,63-64H,3-48,50-52,54-57H2,1-2H3,(H,62,65)/b53-49+.